The second-order valence-electron chi connectivity index (χ2n) is 8.49. The maximum absolute atomic E-state index is 13.8. The number of rotatable bonds is 7. The van der Waals surface area contributed by atoms with Gasteiger partial charge in [-0.05, 0) is 38.0 Å². The molecule has 1 aliphatic rings. The molecule has 2 atom stereocenters. The lowest BCUT2D eigenvalue weighted by molar-refractivity contribution is -0.138. The molecule has 2 aromatic carbocycles. The molecule has 0 spiro atoms. The van der Waals surface area contributed by atoms with E-state index in [1.54, 1.807) is 25.1 Å². The molecule has 11 heteroatoms. The molecule has 1 fully saturated rings. The third-order valence-electron chi connectivity index (χ3n) is 5.72. The van der Waals surface area contributed by atoms with E-state index in [4.69, 9.17) is 0 Å². The summed E-state index contributed by atoms with van der Waals surface area (Å²) in [5.74, 6) is -4.71. The largest absolute Gasteiger partial charge is 0.481 e. The van der Waals surface area contributed by atoms with E-state index in [2.05, 4.69) is 10.6 Å². The van der Waals surface area contributed by atoms with Crippen LogP contribution in [0, 0.1) is 18.6 Å². The third kappa shape index (κ3) is 6.35. The van der Waals surface area contributed by atoms with Gasteiger partial charge in [-0.2, -0.15) is 0 Å². The van der Waals surface area contributed by atoms with Crippen molar-refractivity contribution in [3.63, 3.8) is 0 Å². The average Bonchev–Trinajstić information content (AvgIpc) is 2.82. The summed E-state index contributed by atoms with van der Waals surface area (Å²) in [6.45, 7) is 3.95. The van der Waals surface area contributed by atoms with Crippen LogP contribution in [0.1, 0.15) is 47.3 Å². The Morgan fingerprint density at radius 3 is 2.33 bits per heavy atom. The summed E-state index contributed by atoms with van der Waals surface area (Å²) in [7, 11) is 0. The second-order valence-corrected chi connectivity index (χ2v) is 8.49. The number of urea groups is 1. The number of benzene rings is 2. The number of carbonyl (C=O) groups excluding carboxylic acids is 3. The fourth-order valence-corrected chi connectivity index (χ4v) is 4.19. The first-order valence-corrected chi connectivity index (χ1v) is 11.5. The van der Waals surface area contributed by atoms with Crippen molar-refractivity contribution in [3.05, 3.63) is 70.8 Å². The monoisotopic (exact) mass is 502 g/mol. The molecule has 0 bridgehead atoms. The molecule has 1 heterocycles. The van der Waals surface area contributed by atoms with E-state index in [1.165, 1.54) is 0 Å². The number of hydrogen-bond donors (Lipinski definition) is 3. The van der Waals surface area contributed by atoms with Gasteiger partial charge in [-0.25, -0.2) is 13.6 Å². The molecule has 0 saturated carbocycles. The SMILES string of the molecule is CCNC(=O)N1CCCN(C(=O)c2cc(F)cc(F)c2)C1C(=O)NC(CC(=O)O)c1cccc(C)c1. The highest BCUT2D eigenvalue weighted by Crippen LogP contribution is 2.23. The fourth-order valence-electron chi connectivity index (χ4n) is 4.19. The molecule has 0 aliphatic carbocycles. The van der Waals surface area contributed by atoms with Crippen LogP contribution in [0.15, 0.2) is 42.5 Å². The molecule has 2 unspecified atom stereocenters. The zero-order valence-electron chi connectivity index (χ0n) is 20.0. The Hall–Kier alpha value is -4.02. The van der Waals surface area contributed by atoms with Gasteiger partial charge in [0.25, 0.3) is 11.8 Å². The first kappa shape index (κ1) is 26.6. The molecule has 0 radical (unpaired) electrons. The van der Waals surface area contributed by atoms with Crippen molar-refractivity contribution in [1.29, 1.82) is 0 Å². The number of carboxylic acids is 1. The van der Waals surface area contributed by atoms with E-state index in [-0.39, 0.29) is 25.2 Å². The van der Waals surface area contributed by atoms with E-state index in [0.717, 1.165) is 27.5 Å². The lowest BCUT2D eigenvalue weighted by atomic mass is 10.0. The van der Waals surface area contributed by atoms with Gasteiger partial charge in [0.15, 0.2) is 6.17 Å². The van der Waals surface area contributed by atoms with Crippen molar-refractivity contribution in [2.45, 2.75) is 38.9 Å². The van der Waals surface area contributed by atoms with E-state index in [1.807, 2.05) is 13.0 Å². The van der Waals surface area contributed by atoms with E-state index in [9.17, 15) is 33.1 Å². The molecule has 2 aromatic rings. The highest BCUT2D eigenvalue weighted by Gasteiger charge is 2.41. The van der Waals surface area contributed by atoms with Crippen LogP contribution in [0.5, 0.6) is 0 Å². The molecular formula is C25H28F2N4O5. The van der Waals surface area contributed by atoms with Crippen LogP contribution < -0.4 is 10.6 Å². The summed E-state index contributed by atoms with van der Waals surface area (Å²) in [5.41, 5.74) is 1.07. The Kier molecular flexibility index (Phi) is 8.57. The van der Waals surface area contributed by atoms with E-state index >= 15 is 0 Å². The number of nitrogens with zero attached hydrogens (tertiary/aromatic N) is 2. The number of aryl methyl sites for hydroxylation is 1. The van der Waals surface area contributed by atoms with Gasteiger partial charge in [-0.15, -0.1) is 0 Å². The standard InChI is InChI=1S/C25H28F2N4O5/c1-3-28-25(36)31-9-5-8-30(24(35)17-11-18(26)13-19(27)12-17)23(31)22(34)29-20(14-21(32)33)16-7-4-6-15(2)10-16/h4,6-7,10-13,20,23H,3,5,8-9,14H2,1-2H3,(H,28,36)(H,29,34)(H,32,33). The normalized spacial score (nSPS) is 16.3. The van der Waals surface area contributed by atoms with Gasteiger partial charge in [0.05, 0.1) is 12.5 Å². The van der Waals surface area contributed by atoms with Crippen molar-refractivity contribution in [1.82, 2.24) is 20.4 Å². The van der Waals surface area contributed by atoms with E-state index < -0.39 is 54.1 Å². The fraction of sp³-hybridized carbons (Fsp3) is 0.360. The molecule has 1 aliphatic heterocycles. The summed E-state index contributed by atoms with van der Waals surface area (Å²) >= 11 is 0. The average molecular weight is 503 g/mol. The minimum absolute atomic E-state index is 0.0407. The Bertz CT molecular complexity index is 1140. The van der Waals surface area contributed by atoms with E-state index in [0.29, 0.717) is 18.1 Å². The number of carbonyl (C=O) groups is 4. The first-order valence-electron chi connectivity index (χ1n) is 11.5. The lowest BCUT2D eigenvalue weighted by Gasteiger charge is -2.43. The minimum Gasteiger partial charge on any atom is -0.481 e. The second kappa shape index (κ2) is 11.6. The Morgan fingerprint density at radius 1 is 1.06 bits per heavy atom. The van der Waals surface area contributed by atoms with Crippen LogP contribution in [0.25, 0.3) is 0 Å². The number of nitrogens with one attached hydrogen (secondary N) is 2. The van der Waals surface area contributed by atoms with Gasteiger partial charge in [-0.3, -0.25) is 19.3 Å². The molecular weight excluding hydrogens is 474 g/mol. The summed E-state index contributed by atoms with van der Waals surface area (Å²) in [4.78, 5) is 53.4. The van der Waals surface area contributed by atoms with Gasteiger partial charge in [0.2, 0.25) is 0 Å². The first-order chi connectivity index (χ1) is 17.1. The van der Waals surface area contributed by atoms with Crippen LogP contribution in [-0.2, 0) is 9.59 Å². The molecule has 9 nitrogen and oxygen atoms in total. The maximum atomic E-state index is 13.8. The van der Waals surface area contributed by atoms with Crippen molar-refractivity contribution in [2.75, 3.05) is 19.6 Å². The smallest absolute Gasteiger partial charge is 0.319 e. The highest BCUT2D eigenvalue weighted by atomic mass is 19.1. The zero-order chi connectivity index (χ0) is 26.4. The van der Waals surface area contributed by atoms with Gasteiger partial charge >= 0.3 is 12.0 Å². The summed E-state index contributed by atoms with van der Waals surface area (Å²) < 4.78 is 27.6. The number of halogens is 2. The van der Waals surface area contributed by atoms with Crippen molar-refractivity contribution < 1.29 is 33.1 Å². The number of carboxylic acid groups (broad SMARTS) is 1. The lowest BCUT2D eigenvalue weighted by Crippen LogP contribution is -2.65. The highest BCUT2D eigenvalue weighted by molar-refractivity contribution is 5.99. The topological polar surface area (TPSA) is 119 Å². The van der Waals surface area contributed by atoms with Crippen molar-refractivity contribution in [2.24, 2.45) is 0 Å². The minimum atomic E-state index is -1.47. The molecule has 3 N–H and O–H groups in total. The van der Waals surface area contributed by atoms with Crippen LogP contribution in [0.3, 0.4) is 0 Å². The van der Waals surface area contributed by atoms with Crippen LogP contribution in [-0.4, -0.2) is 64.5 Å². The molecule has 36 heavy (non-hydrogen) atoms. The number of hydrogen-bond acceptors (Lipinski definition) is 4. The maximum Gasteiger partial charge on any atom is 0.319 e. The van der Waals surface area contributed by atoms with Gasteiger partial charge in [-0.1, -0.05) is 29.8 Å². The zero-order valence-corrected chi connectivity index (χ0v) is 20.0. The Morgan fingerprint density at radius 2 is 1.72 bits per heavy atom. The van der Waals surface area contributed by atoms with Gasteiger partial charge in [0, 0.05) is 31.3 Å². The number of aliphatic carboxylic acids is 1. The molecule has 192 valence electrons. The van der Waals surface area contributed by atoms with Gasteiger partial charge < -0.3 is 20.6 Å². The van der Waals surface area contributed by atoms with Crippen LogP contribution in [0.2, 0.25) is 0 Å². The number of amides is 4. The molecule has 4 amide bonds. The molecule has 1 saturated heterocycles. The van der Waals surface area contributed by atoms with Crippen LogP contribution in [0.4, 0.5) is 13.6 Å². The predicted molar refractivity (Wildman–Crippen MR) is 126 cm³/mol. The Balaban J connectivity index is 1.98. The molecule has 0 aromatic heterocycles. The van der Waals surface area contributed by atoms with Gasteiger partial charge in [0.1, 0.15) is 11.6 Å². The molecule has 3 rings (SSSR count). The summed E-state index contributed by atoms with van der Waals surface area (Å²) in [5, 5.41) is 14.7. The summed E-state index contributed by atoms with van der Waals surface area (Å²) in [6.07, 6.45) is -1.59. The van der Waals surface area contributed by atoms with Crippen molar-refractivity contribution >= 4 is 23.8 Å². The van der Waals surface area contributed by atoms with Crippen molar-refractivity contribution in [3.8, 4) is 0 Å². The predicted octanol–water partition coefficient (Wildman–Crippen LogP) is 2.81. The Labute approximate surface area is 207 Å². The summed E-state index contributed by atoms with van der Waals surface area (Å²) in [6, 6.07) is 7.72. The quantitative estimate of drug-likeness (QED) is 0.538. The van der Waals surface area contributed by atoms with Crippen LogP contribution >= 0.6 is 0 Å². The third-order valence-corrected chi connectivity index (χ3v) is 5.72.